The predicted molar refractivity (Wildman–Crippen MR) is 102 cm³/mol. The van der Waals surface area contributed by atoms with Crippen molar-refractivity contribution in [3.05, 3.63) is 75.7 Å². The summed E-state index contributed by atoms with van der Waals surface area (Å²) >= 11 is 1.35. The van der Waals surface area contributed by atoms with Crippen molar-refractivity contribution in [3.63, 3.8) is 0 Å². The number of aromatic amines is 1. The lowest BCUT2D eigenvalue weighted by Gasteiger charge is -2.16. The van der Waals surface area contributed by atoms with Gasteiger partial charge in [-0.1, -0.05) is 12.1 Å². The Bertz CT molecular complexity index is 1130. The van der Waals surface area contributed by atoms with Crippen molar-refractivity contribution < 1.29 is 4.79 Å². The maximum absolute atomic E-state index is 12.7. The lowest BCUT2D eigenvalue weighted by atomic mass is 10.1. The van der Waals surface area contributed by atoms with E-state index in [1.165, 1.54) is 22.6 Å². The van der Waals surface area contributed by atoms with Crippen LogP contribution >= 0.6 is 11.3 Å². The van der Waals surface area contributed by atoms with Gasteiger partial charge in [-0.3, -0.25) is 9.59 Å². The standard InChI is InChI=1S/C18H16N6O2S/c1-23(9-15-21-14-6-7-27-16(14)17(25)22-15)18(26)13-4-2-12(3-5-13)8-24-11-19-10-20-24/h2-7,10-11H,8-9H2,1H3,(H,21,22,25). The summed E-state index contributed by atoms with van der Waals surface area (Å²) in [6.45, 7) is 0.816. The Kier molecular flexibility index (Phi) is 4.51. The van der Waals surface area contributed by atoms with Gasteiger partial charge in [-0.25, -0.2) is 14.6 Å². The number of hydrogen-bond acceptors (Lipinski definition) is 6. The molecule has 4 aromatic rings. The van der Waals surface area contributed by atoms with E-state index in [4.69, 9.17) is 0 Å². The second-order valence-electron chi connectivity index (χ2n) is 6.10. The van der Waals surface area contributed by atoms with E-state index >= 15 is 0 Å². The molecule has 0 unspecified atom stereocenters. The van der Waals surface area contributed by atoms with Gasteiger partial charge >= 0.3 is 0 Å². The van der Waals surface area contributed by atoms with E-state index in [1.807, 2.05) is 17.5 Å². The summed E-state index contributed by atoms with van der Waals surface area (Å²) in [5, 5.41) is 5.89. The number of hydrogen-bond donors (Lipinski definition) is 1. The highest BCUT2D eigenvalue weighted by Gasteiger charge is 2.14. The van der Waals surface area contributed by atoms with Gasteiger partial charge in [-0.05, 0) is 29.1 Å². The van der Waals surface area contributed by atoms with E-state index in [1.54, 1.807) is 36.3 Å². The Morgan fingerprint density at radius 2 is 2.07 bits per heavy atom. The summed E-state index contributed by atoms with van der Waals surface area (Å²) in [6, 6.07) is 9.14. The number of nitrogens with zero attached hydrogens (tertiary/aromatic N) is 5. The molecule has 136 valence electrons. The van der Waals surface area contributed by atoms with Crippen LogP contribution in [0.15, 0.2) is 53.2 Å². The first-order chi connectivity index (χ1) is 13.1. The van der Waals surface area contributed by atoms with Gasteiger partial charge < -0.3 is 9.88 Å². The molecule has 0 aliphatic heterocycles. The van der Waals surface area contributed by atoms with Crippen molar-refractivity contribution in [2.24, 2.45) is 0 Å². The smallest absolute Gasteiger partial charge is 0.268 e. The zero-order valence-corrected chi connectivity index (χ0v) is 15.3. The Balaban J connectivity index is 1.47. The van der Waals surface area contributed by atoms with Crippen molar-refractivity contribution in [1.29, 1.82) is 0 Å². The molecule has 0 saturated heterocycles. The fraction of sp³-hybridized carbons (Fsp3) is 0.167. The highest BCUT2D eigenvalue weighted by molar-refractivity contribution is 7.17. The van der Waals surface area contributed by atoms with Gasteiger partial charge in [0, 0.05) is 12.6 Å². The number of aromatic nitrogens is 5. The fourth-order valence-electron chi connectivity index (χ4n) is 2.77. The van der Waals surface area contributed by atoms with Crippen LogP contribution in [0.25, 0.3) is 10.2 Å². The van der Waals surface area contributed by atoms with E-state index in [0.29, 0.717) is 28.1 Å². The highest BCUT2D eigenvalue weighted by atomic mass is 32.1. The molecule has 0 saturated carbocycles. The van der Waals surface area contributed by atoms with Crippen molar-refractivity contribution in [1.82, 2.24) is 29.6 Å². The summed E-state index contributed by atoms with van der Waals surface area (Å²) in [5.74, 6) is 0.319. The normalized spacial score (nSPS) is 11.0. The number of thiophene rings is 1. The average molecular weight is 380 g/mol. The average Bonchev–Trinajstić information content (AvgIpc) is 3.33. The van der Waals surface area contributed by atoms with E-state index in [9.17, 15) is 9.59 Å². The number of rotatable bonds is 5. The van der Waals surface area contributed by atoms with Gasteiger partial charge in [0.2, 0.25) is 0 Å². The minimum absolute atomic E-state index is 0.143. The SMILES string of the molecule is CN(Cc1nc2ccsc2c(=O)[nH]1)C(=O)c1ccc(Cn2cncn2)cc1. The van der Waals surface area contributed by atoms with E-state index in [2.05, 4.69) is 20.1 Å². The number of fused-ring (bicyclic) bond motifs is 1. The zero-order valence-electron chi connectivity index (χ0n) is 14.5. The van der Waals surface area contributed by atoms with Crippen LogP contribution in [0.5, 0.6) is 0 Å². The van der Waals surface area contributed by atoms with Crippen LogP contribution in [0.2, 0.25) is 0 Å². The Morgan fingerprint density at radius 1 is 1.26 bits per heavy atom. The molecule has 0 radical (unpaired) electrons. The molecule has 27 heavy (non-hydrogen) atoms. The first kappa shape index (κ1) is 17.1. The molecular formula is C18H16N6O2S. The summed E-state index contributed by atoms with van der Waals surface area (Å²) in [7, 11) is 1.68. The van der Waals surface area contributed by atoms with Gasteiger partial charge in [0.1, 0.15) is 23.2 Å². The second kappa shape index (κ2) is 7.12. The molecule has 8 nitrogen and oxygen atoms in total. The molecule has 1 aromatic carbocycles. The molecule has 0 fully saturated rings. The molecule has 9 heteroatoms. The summed E-state index contributed by atoms with van der Waals surface area (Å²) in [5.41, 5.74) is 2.06. The van der Waals surface area contributed by atoms with Crippen LogP contribution in [0, 0.1) is 0 Å². The Morgan fingerprint density at radius 3 is 2.81 bits per heavy atom. The van der Waals surface area contributed by atoms with Crippen LogP contribution in [0.4, 0.5) is 0 Å². The third kappa shape index (κ3) is 3.63. The van der Waals surface area contributed by atoms with Crippen LogP contribution < -0.4 is 5.56 Å². The third-order valence-corrected chi connectivity index (χ3v) is 5.01. The van der Waals surface area contributed by atoms with Crippen LogP contribution in [0.3, 0.4) is 0 Å². The van der Waals surface area contributed by atoms with Crippen LogP contribution in [-0.4, -0.2) is 42.6 Å². The molecule has 3 heterocycles. The van der Waals surface area contributed by atoms with Gasteiger partial charge in [-0.15, -0.1) is 11.3 Å². The van der Waals surface area contributed by atoms with Gasteiger partial charge in [0.15, 0.2) is 0 Å². The molecule has 1 N–H and O–H groups in total. The first-order valence-corrected chi connectivity index (χ1v) is 9.11. The summed E-state index contributed by atoms with van der Waals surface area (Å²) in [6.07, 6.45) is 3.13. The monoisotopic (exact) mass is 380 g/mol. The number of amides is 1. The molecule has 0 spiro atoms. The molecule has 0 bridgehead atoms. The number of H-pyrrole nitrogens is 1. The van der Waals surface area contributed by atoms with Gasteiger partial charge in [-0.2, -0.15) is 5.10 Å². The number of benzene rings is 1. The lowest BCUT2D eigenvalue weighted by Crippen LogP contribution is -2.28. The molecule has 3 aromatic heterocycles. The molecule has 1 amide bonds. The highest BCUT2D eigenvalue weighted by Crippen LogP contribution is 2.15. The molecule has 0 aliphatic carbocycles. The van der Waals surface area contributed by atoms with Gasteiger partial charge in [0.25, 0.3) is 11.5 Å². The zero-order chi connectivity index (χ0) is 18.8. The number of carbonyl (C=O) groups excluding carboxylic acids is 1. The summed E-state index contributed by atoms with van der Waals surface area (Å²) in [4.78, 5) is 37.3. The largest absolute Gasteiger partial charge is 0.334 e. The molecular weight excluding hydrogens is 364 g/mol. The van der Waals surface area contributed by atoms with Gasteiger partial charge in [0.05, 0.1) is 18.6 Å². The van der Waals surface area contributed by atoms with Crippen molar-refractivity contribution >= 4 is 27.5 Å². The minimum atomic E-state index is -0.177. The van der Waals surface area contributed by atoms with Crippen LogP contribution in [0.1, 0.15) is 21.7 Å². The second-order valence-corrected chi connectivity index (χ2v) is 7.01. The summed E-state index contributed by atoms with van der Waals surface area (Å²) < 4.78 is 2.31. The quantitative estimate of drug-likeness (QED) is 0.570. The van der Waals surface area contributed by atoms with E-state index in [0.717, 1.165) is 5.56 Å². The minimum Gasteiger partial charge on any atom is -0.334 e. The molecule has 0 aliphatic rings. The topological polar surface area (TPSA) is 96.8 Å². The molecule has 0 atom stereocenters. The van der Waals surface area contributed by atoms with Crippen molar-refractivity contribution in [2.75, 3.05) is 7.05 Å². The van der Waals surface area contributed by atoms with Crippen molar-refractivity contribution in [2.45, 2.75) is 13.1 Å². The van der Waals surface area contributed by atoms with Crippen molar-refractivity contribution in [3.8, 4) is 0 Å². The predicted octanol–water partition coefficient (Wildman–Crippen LogP) is 1.90. The lowest BCUT2D eigenvalue weighted by molar-refractivity contribution is 0.0781. The van der Waals surface area contributed by atoms with E-state index < -0.39 is 0 Å². The number of carbonyl (C=O) groups is 1. The Labute approximate surface area is 158 Å². The maximum Gasteiger partial charge on any atom is 0.268 e. The van der Waals surface area contributed by atoms with Crippen LogP contribution in [-0.2, 0) is 13.1 Å². The molecule has 4 rings (SSSR count). The third-order valence-electron chi connectivity index (χ3n) is 4.11. The first-order valence-electron chi connectivity index (χ1n) is 8.23. The Hall–Kier alpha value is -3.33. The number of nitrogens with one attached hydrogen (secondary N) is 1. The maximum atomic E-state index is 12.7. The van der Waals surface area contributed by atoms with E-state index in [-0.39, 0.29) is 18.0 Å². The fourth-order valence-corrected chi connectivity index (χ4v) is 3.49.